The van der Waals surface area contributed by atoms with Gasteiger partial charge in [0.05, 0.1) is 11.4 Å². The van der Waals surface area contributed by atoms with Gasteiger partial charge in [0, 0.05) is 33.0 Å². The number of rotatable bonds is 8. The van der Waals surface area contributed by atoms with Gasteiger partial charge in [-0.3, -0.25) is 0 Å². The van der Waals surface area contributed by atoms with Crippen LogP contribution in [-0.4, -0.2) is 30.0 Å². The fourth-order valence-electron chi connectivity index (χ4n) is 2.18. The van der Waals surface area contributed by atoms with Crippen molar-refractivity contribution >= 4 is 0 Å². The Morgan fingerprint density at radius 1 is 1.19 bits per heavy atom. The third kappa shape index (κ3) is 4.99. The number of nitrogens with zero attached hydrogens (tertiary/aromatic N) is 2. The second kappa shape index (κ2) is 7.38. The van der Waals surface area contributed by atoms with Crippen LogP contribution in [0.1, 0.15) is 26.0 Å². The number of nitrogens with one attached hydrogen (secondary N) is 1. The largest absolute Gasteiger partial charge is 0.385 e. The van der Waals surface area contributed by atoms with Gasteiger partial charge < -0.3 is 10.1 Å². The Balaban J connectivity index is 1.83. The number of ether oxygens (including phenoxy) is 1. The summed E-state index contributed by atoms with van der Waals surface area (Å²) >= 11 is 0. The van der Waals surface area contributed by atoms with E-state index in [4.69, 9.17) is 4.74 Å². The summed E-state index contributed by atoms with van der Waals surface area (Å²) in [5.41, 5.74) is 2.38. The number of benzene rings is 1. The average Bonchev–Trinajstić information content (AvgIpc) is 2.95. The first kappa shape index (κ1) is 15.7. The highest BCUT2D eigenvalue weighted by molar-refractivity contribution is 5.30. The minimum atomic E-state index is 0.234. The van der Waals surface area contributed by atoms with Crippen molar-refractivity contribution in [3.8, 4) is 5.69 Å². The van der Waals surface area contributed by atoms with Gasteiger partial charge in [-0.1, -0.05) is 32.0 Å². The van der Waals surface area contributed by atoms with Crippen molar-refractivity contribution in [1.82, 2.24) is 15.1 Å². The Hall–Kier alpha value is -1.65. The smallest absolute Gasteiger partial charge is 0.0766 e. The highest BCUT2D eigenvalue weighted by Crippen LogP contribution is 2.18. The molecule has 0 aliphatic rings. The minimum Gasteiger partial charge on any atom is -0.385 e. The standard InChI is InChI=1S/C17H25N3O/c1-17(2,10-12-21-3)14-18-13-15-9-11-20(19-15)16-7-5-4-6-8-16/h4-9,11,18H,10,12-14H2,1-3H3. The molecule has 1 aromatic heterocycles. The van der Waals surface area contributed by atoms with E-state index in [-0.39, 0.29) is 5.41 Å². The molecule has 2 rings (SSSR count). The molecule has 0 aliphatic carbocycles. The van der Waals surface area contributed by atoms with Gasteiger partial charge in [0.1, 0.15) is 0 Å². The number of hydrogen-bond acceptors (Lipinski definition) is 3. The second-order valence-electron chi connectivity index (χ2n) is 6.10. The molecule has 0 saturated carbocycles. The summed E-state index contributed by atoms with van der Waals surface area (Å²) < 4.78 is 7.06. The molecular formula is C17H25N3O. The van der Waals surface area contributed by atoms with Crippen LogP contribution in [0, 0.1) is 5.41 Å². The van der Waals surface area contributed by atoms with Crippen LogP contribution >= 0.6 is 0 Å². The molecule has 0 amide bonds. The van der Waals surface area contributed by atoms with Crippen LogP contribution in [0.4, 0.5) is 0 Å². The van der Waals surface area contributed by atoms with Crippen molar-refractivity contribution in [2.24, 2.45) is 5.41 Å². The molecular weight excluding hydrogens is 262 g/mol. The zero-order valence-electron chi connectivity index (χ0n) is 13.2. The summed E-state index contributed by atoms with van der Waals surface area (Å²) in [7, 11) is 1.75. The fourth-order valence-corrected chi connectivity index (χ4v) is 2.18. The van der Waals surface area contributed by atoms with Crippen LogP contribution in [0.2, 0.25) is 0 Å². The lowest BCUT2D eigenvalue weighted by atomic mass is 9.90. The van der Waals surface area contributed by atoms with E-state index in [9.17, 15) is 0 Å². The number of para-hydroxylation sites is 1. The van der Waals surface area contributed by atoms with Crippen LogP contribution in [0.15, 0.2) is 42.6 Å². The summed E-state index contributed by atoms with van der Waals surface area (Å²) in [6.45, 7) is 7.05. The Kier molecular flexibility index (Phi) is 5.53. The molecule has 0 aliphatic heterocycles. The summed E-state index contributed by atoms with van der Waals surface area (Å²) in [4.78, 5) is 0. The molecule has 1 heterocycles. The quantitative estimate of drug-likeness (QED) is 0.811. The zero-order valence-corrected chi connectivity index (χ0v) is 13.2. The molecule has 1 aromatic carbocycles. The third-order valence-electron chi connectivity index (χ3n) is 3.56. The van der Waals surface area contributed by atoms with Crippen LogP contribution in [0.3, 0.4) is 0 Å². The molecule has 0 spiro atoms. The predicted molar refractivity (Wildman–Crippen MR) is 85.5 cm³/mol. The molecule has 4 nitrogen and oxygen atoms in total. The normalized spacial score (nSPS) is 11.8. The number of methoxy groups -OCH3 is 1. The van der Waals surface area contributed by atoms with Crippen LogP contribution in [-0.2, 0) is 11.3 Å². The predicted octanol–water partition coefficient (Wildman–Crippen LogP) is 3.02. The van der Waals surface area contributed by atoms with Gasteiger partial charge in [0.15, 0.2) is 0 Å². The van der Waals surface area contributed by atoms with E-state index in [1.54, 1.807) is 7.11 Å². The summed E-state index contributed by atoms with van der Waals surface area (Å²) in [6, 6.07) is 12.2. The first-order valence-corrected chi connectivity index (χ1v) is 7.40. The van der Waals surface area contributed by atoms with E-state index in [2.05, 4.69) is 42.5 Å². The molecule has 2 aromatic rings. The topological polar surface area (TPSA) is 39.1 Å². The van der Waals surface area contributed by atoms with Crippen molar-refractivity contribution in [3.63, 3.8) is 0 Å². The van der Waals surface area contributed by atoms with Crippen molar-refractivity contribution in [2.45, 2.75) is 26.8 Å². The molecule has 1 N–H and O–H groups in total. The Morgan fingerprint density at radius 3 is 2.67 bits per heavy atom. The molecule has 0 bridgehead atoms. The monoisotopic (exact) mass is 287 g/mol. The minimum absolute atomic E-state index is 0.234. The number of hydrogen-bond donors (Lipinski definition) is 1. The van der Waals surface area contributed by atoms with Gasteiger partial charge in [-0.05, 0) is 30.0 Å². The number of aromatic nitrogens is 2. The molecule has 0 unspecified atom stereocenters. The maximum Gasteiger partial charge on any atom is 0.0766 e. The summed E-state index contributed by atoms with van der Waals surface area (Å²) in [5, 5.41) is 8.08. The molecule has 0 fully saturated rings. The highest BCUT2D eigenvalue weighted by Gasteiger charge is 2.16. The lowest BCUT2D eigenvalue weighted by molar-refractivity contribution is 0.150. The molecule has 114 valence electrons. The first-order valence-electron chi connectivity index (χ1n) is 7.40. The lowest BCUT2D eigenvalue weighted by Gasteiger charge is -2.24. The Morgan fingerprint density at radius 2 is 1.95 bits per heavy atom. The fraction of sp³-hybridized carbons (Fsp3) is 0.471. The van der Waals surface area contributed by atoms with Crippen molar-refractivity contribution in [2.75, 3.05) is 20.3 Å². The van der Waals surface area contributed by atoms with E-state index < -0.39 is 0 Å². The maximum absolute atomic E-state index is 5.15. The first-order chi connectivity index (χ1) is 10.1. The Bertz CT molecular complexity index is 534. The van der Waals surface area contributed by atoms with E-state index in [1.807, 2.05) is 29.1 Å². The van der Waals surface area contributed by atoms with E-state index in [0.717, 1.165) is 37.5 Å². The van der Waals surface area contributed by atoms with Crippen LogP contribution in [0.5, 0.6) is 0 Å². The van der Waals surface area contributed by atoms with Crippen molar-refractivity contribution in [3.05, 3.63) is 48.3 Å². The van der Waals surface area contributed by atoms with Gasteiger partial charge in [-0.2, -0.15) is 5.10 Å². The Labute approximate surface area is 127 Å². The van der Waals surface area contributed by atoms with Crippen LogP contribution in [0.25, 0.3) is 5.69 Å². The lowest BCUT2D eigenvalue weighted by Crippen LogP contribution is -2.30. The zero-order chi connectivity index (χ0) is 15.1. The maximum atomic E-state index is 5.15. The van der Waals surface area contributed by atoms with E-state index in [0.29, 0.717) is 0 Å². The SMILES string of the molecule is COCCC(C)(C)CNCc1ccn(-c2ccccc2)n1. The second-order valence-corrected chi connectivity index (χ2v) is 6.10. The highest BCUT2D eigenvalue weighted by atomic mass is 16.5. The molecule has 21 heavy (non-hydrogen) atoms. The van der Waals surface area contributed by atoms with Gasteiger partial charge in [0.25, 0.3) is 0 Å². The van der Waals surface area contributed by atoms with E-state index in [1.165, 1.54) is 0 Å². The van der Waals surface area contributed by atoms with E-state index >= 15 is 0 Å². The van der Waals surface area contributed by atoms with Gasteiger partial charge >= 0.3 is 0 Å². The molecule has 0 atom stereocenters. The van der Waals surface area contributed by atoms with Gasteiger partial charge in [-0.25, -0.2) is 4.68 Å². The molecule has 0 saturated heterocycles. The van der Waals surface area contributed by atoms with Crippen molar-refractivity contribution < 1.29 is 4.74 Å². The third-order valence-corrected chi connectivity index (χ3v) is 3.56. The average molecular weight is 287 g/mol. The molecule has 0 radical (unpaired) electrons. The molecule has 4 heteroatoms. The summed E-state index contributed by atoms with van der Waals surface area (Å²) in [5.74, 6) is 0. The summed E-state index contributed by atoms with van der Waals surface area (Å²) in [6.07, 6.45) is 3.05. The van der Waals surface area contributed by atoms with Crippen LogP contribution < -0.4 is 5.32 Å². The van der Waals surface area contributed by atoms with Gasteiger partial charge in [0.2, 0.25) is 0 Å². The van der Waals surface area contributed by atoms with Crippen molar-refractivity contribution in [1.29, 1.82) is 0 Å². The van der Waals surface area contributed by atoms with Gasteiger partial charge in [-0.15, -0.1) is 0 Å².